The molecule has 2 aromatic rings. The van der Waals surface area contributed by atoms with Gasteiger partial charge in [0.1, 0.15) is 12.4 Å². The molecule has 0 aliphatic carbocycles. The molecule has 2 heterocycles. The van der Waals surface area contributed by atoms with E-state index in [1.807, 2.05) is 0 Å². The molecule has 6 heteroatoms. The fourth-order valence-electron chi connectivity index (χ4n) is 3.44. The highest BCUT2D eigenvalue weighted by atomic mass is 16.2. The fourth-order valence-corrected chi connectivity index (χ4v) is 3.44. The highest BCUT2D eigenvalue weighted by molar-refractivity contribution is 5.75. The average molecular weight is 370 g/mol. The smallest absolute Gasteiger partial charge is 0.346 e. The van der Waals surface area contributed by atoms with E-state index in [9.17, 15) is 9.59 Å². The van der Waals surface area contributed by atoms with Crippen LogP contribution in [-0.2, 0) is 36.1 Å². The molecule has 1 amide bonds. The summed E-state index contributed by atoms with van der Waals surface area (Å²) >= 11 is 0. The van der Waals surface area contributed by atoms with Gasteiger partial charge in [-0.15, -0.1) is 0 Å². The number of benzene rings is 1. The van der Waals surface area contributed by atoms with Crippen molar-refractivity contribution in [2.75, 3.05) is 6.54 Å². The van der Waals surface area contributed by atoms with Crippen molar-refractivity contribution in [3.8, 4) is 0 Å². The van der Waals surface area contributed by atoms with Crippen LogP contribution in [0.5, 0.6) is 0 Å². The predicted molar refractivity (Wildman–Crippen MR) is 106 cm³/mol. The van der Waals surface area contributed by atoms with Crippen molar-refractivity contribution in [2.24, 2.45) is 0 Å². The second-order valence-electron chi connectivity index (χ2n) is 8.37. The summed E-state index contributed by atoms with van der Waals surface area (Å²) in [6, 6.07) is 8.52. The Kier molecular flexibility index (Phi) is 5.82. The Hall–Kier alpha value is -2.37. The summed E-state index contributed by atoms with van der Waals surface area (Å²) in [5.74, 6) is 0.640. The van der Waals surface area contributed by atoms with Crippen LogP contribution < -0.4 is 11.0 Å². The summed E-state index contributed by atoms with van der Waals surface area (Å²) < 4.78 is 3.02. The molecule has 3 rings (SSSR count). The van der Waals surface area contributed by atoms with Crippen LogP contribution >= 0.6 is 0 Å². The summed E-state index contributed by atoms with van der Waals surface area (Å²) in [4.78, 5) is 24.6. The number of hydrogen-bond donors (Lipinski definition) is 1. The molecular weight excluding hydrogens is 340 g/mol. The molecule has 0 saturated heterocycles. The first-order valence-corrected chi connectivity index (χ1v) is 9.87. The third-order valence-electron chi connectivity index (χ3n) is 5.13. The van der Waals surface area contributed by atoms with Crippen LogP contribution in [0.25, 0.3) is 0 Å². The molecule has 1 aliphatic heterocycles. The first kappa shape index (κ1) is 19.4. The molecule has 0 unspecified atom stereocenters. The standard InChI is InChI=1S/C21H30N4O2/c1-21(2,3)17-10-8-16(9-11-17)12-13-22-19(26)15-25-20(27)24-14-6-4-5-7-18(24)23-25/h8-11H,4-7,12-15H2,1-3H3,(H,22,26). The van der Waals surface area contributed by atoms with Gasteiger partial charge in [-0.25, -0.2) is 9.48 Å². The van der Waals surface area contributed by atoms with Gasteiger partial charge in [0.05, 0.1) is 0 Å². The Labute approximate surface area is 160 Å². The van der Waals surface area contributed by atoms with E-state index in [4.69, 9.17) is 0 Å². The van der Waals surface area contributed by atoms with Crippen molar-refractivity contribution in [1.29, 1.82) is 0 Å². The van der Waals surface area contributed by atoms with Crippen molar-refractivity contribution in [3.05, 3.63) is 51.7 Å². The van der Waals surface area contributed by atoms with E-state index < -0.39 is 0 Å². The Balaban J connectivity index is 1.51. The predicted octanol–water partition coefficient (Wildman–Crippen LogP) is 2.43. The van der Waals surface area contributed by atoms with Gasteiger partial charge in [0.2, 0.25) is 5.91 Å². The molecule has 6 nitrogen and oxygen atoms in total. The largest absolute Gasteiger partial charge is 0.354 e. The number of aryl methyl sites for hydroxylation is 1. The molecule has 27 heavy (non-hydrogen) atoms. The number of amides is 1. The molecule has 0 bridgehead atoms. The van der Waals surface area contributed by atoms with Gasteiger partial charge >= 0.3 is 5.69 Å². The van der Waals surface area contributed by atoms with Crippen LogP contribution in [0.15, 0.2) is 29.1 Å². The molecule has 0 atom stereocenters. The molecule has 1 N–H and O–H groups in total. The van der Waals surface area contributed by atoms with Gasteiger partial charge in [-0.3, -0.25) is 9.36 Å². The van der Waals surface area contributed by atoms with Crippen LogP contribution in [0.3, 0.4) is 0 Å². The van der Waals surface area contributed by atoms with Crippen molar-refractivity contribution in [2.45, 2.75) is 71.4 Å². The molecule has 0 radical (unpaired) electrons. The van der Waals surface area contributed by atoms with Gasteiger partial charge in [-0.1, -0.05) is 51.5 Å². The monoisotopic (exact) mass is 370 g/mol. The van der Waals surface area contributed by atoms with Crippen molar-refractivity contribution in [3.63, 3.8) is 0 Å². The quantitative estimate of drug-likeness (QED) is 0.879. The zero-order chi connectivity index (χ0) is 19.4. The van der Waals surface area contributed by atoms with Crippen LogP contribution in [0.1, 0.15) is 57.0 Å². The maximum atomic E-state index is 12.4. The van der Waals surface area contributed by atoms with Crippen LogP contribution in [0, 0.1) is 0 Å². The van der Waals surface area contributed by atoms with E-state index in [1.54, 1.807) is 4.57 Å². The fraction of sp³-hybridized carbons (Fsp3) is 0.571. The normalized spacial score (nSPS) is 14.5. The molecule has 1 aromatic heterocycles. The minimum Gasteiger partial charge on any atom is -0.354 e. The van der Waals surface area contributed by atoms with Gasteiger partial charge in [-0.05, 0) is 35.8 Å². The number of aromatic nitrogens is 3. The lowest BCUT2D eigenvalue weighted by Gasteiger charge is -2.19. The van der Waals surface area contributed by atoms with E-state index in [0.717, 1.165) is 37.9 Å². The Morgan fingerprint density at radius 3 is 2.59 bits per heavy atom. The SMILES string of the molecule is CC(C)(C)c1ccc(CCNC(=O)Cn2nc3n(c2=O)CCCCC3)cc1. The highest BCUT2D eigenvalue weighted by Gasteiger charge is 2.17. The lowest BCUT2D eigenvalue weighted by molar-refractivity contribution is -0.121. The number of nitrogens with one attached hydrogen (secondary N) is 1. The van der Waals surface area contributed by atoms with Gasteiger partial charge in [0, 0.05) is 19.5 Å². The minimum atomic E-state index is -0.170. The number of hydrogen-bond acceptors (Lipinski definition) is 3. The number of carbonyl (C=O) groups is 1. The van der Waals surface area contributed by atoms with Gasteiger partial charge < -0.3 is 5.32 Å². The molecule has 0 saturated carbocycles. The highest BCUT2D eigenvalue weighted by Crippen LogP contribution is 2.22. The molecule has 0 fully saturated rings. The molecule has 1 aromatic carbocycles. The Morgan fingerprint density at radius 2 is 1.89 bits per heavy atom. The summed E-state index contributed by atoms with van der Waals surface area (Å²) in [6.07, 6.45) is 4.76. The van der Waals surface area contributed by atoms with E-state index >= 15 is 0 Å². The van der Waals surface area contributed by atoms with E-state index in [-0.39, 0.29) is 23.6 Å². The summed E-state index contributed by atoms with van der Waals surface area (Å²) in [6.45, 7) is 7.83. The van der Waals surface area contributed by atoms with Gasteiger partial charge in [0.15, 0.2) is 0 Å². The zero-order valence-electron chi connectivity index (χ0n) is 16.6. The van der Waals surface area contributed by atoms with Crippen LogP contribution in [-0.4, -0.2) is 26.8 Å². The van der Waals surface area contributed by atoms with E-state index in [1.165, 1.54) is 15.8 Å². The maximum absolute atomic E-state index is 12.4. The second-order valence-corrected chi connectivity index (χ2v) is 8.37. The molecule has 146 valence electrons. The Morgan fingerprint density at radius 1 is 1.15 bits per heavy atom. The van der Waals surface area contributed by atoms with Crippen molar-refractivity contribution >= 4 is 5.91 Å². The van der Waals surface area contributed by atoms with Crippen LogP contribution in [0.2, 0.25) is 0 Å². The average Bonchev–Trinajstić information content (AvgIpc) is 2.78. The third kappa shape index (κ3) is 4.87. The topological polar surface area (TPSA) is 68.9 Å². The van der Waals surface area contributed by atoms with Gasteiger partial charge in [-0.2, -0.15) is 5.10 Å². The second kappa shape index (κ2) is 8.11. The summed E-state index contributed by atoms with van der Waals surface area (Å²) in [7, 11) is 0. The van der Waals surface area contributed by atoms with Crippen molar-refractivity contribution < 1.29 is 4.79 Å². The van der Waals surface area contributed by atoms with Crippen molar-refractivity contribution in [1.82, 2.24) is 19.7 Å². The number of nitrogens with zero attached hydrogens (tertiary/aromatic N) is 3. The number of carbonyl (C=O) groups excluding carboxylic acids is 1. The molecular formula is C21H30N4O2. The van der Waals surface area contributed by atoms with Crippen LogP contribution in [0.4, 0.5) is 0 Å². The Bertz CT molecular complexity index is 841. The van der Waals surface area contributed by atoms with E-state index in [0.29, 0.717) is 13.1 Å². The van der Waals surface area contributed by atoms with Gasteiger partial charge in [0.25, 0.3) is 0 Å². The number of rotatable bonds is 5. The first-order chi connectivity index (χ1) is 12.8. The molecule has 0 spiro atoms. The summed E-state index contributed by atoms with van der Waals surface area (Å²) in [5.41, 5.74) is 2.46. The zero-order valence-corrected chi connectivity index (χ0v) is 16.6. The lowest BCUT2D eigenvalue weighted by atomic mass is 9.86. The molecule has 1 aliphatic rings. The maximum Gasteiger partial charge on any atom is 0.346 e. The number of fused-ring (bicyclic) bond motifs is 1. The minimum absolute atomic E-state index is 0.0121. The summed E-state index contributed by atoms with van der Waals surface area (Å²) in [5, 5.41) is 7.25. The third-order valence-corrected chi connectivity index (χ3v) is 5.13. The first-order valence-electron chi connectivity index (χ1n) is 9.87. The lowest BCUT2D eigenvalue weighted by Crippen LogP contribution is -2.34. The van der Waals surface area contributed by atoms with E-state index in [2.05, 4.69) is 55.5 Å².